The zero-order valence-corrected chi connectivity index (χ0v) is 10.1. The van der Waals surface area contributed by atoms with Gasteiger partial charge in [-0.1, -0.05) is 30.0 Å². The van der Waals surface area contributed by atoms with Crippen molar-refractivity contribution in [2.45, 2.75) is 5.16 Å². The Morgan fingerprint density at radius 3 is 3.00 bits per heavy atom. The number of amides is 1. The maximum Gasteiger partial charge on any atom is 0.227 e. The number of carbonyl (C=O) groups excluding carboxylic acids is 1. The van der Waals surface area contributed by atoms with Crippen LogP contribution in [0.15, 0.2) is 29.4 Å². The van der Waals surface area contributed by atoms with Gasteiger partial charge in [0.1, 0.15) is 5.52 Å². The van der Waals surface area contributed by atoms with Crippen molar-refractivity contribution < 1.29 is 4.79 Å². The lowest BCUT2D eigenvalue weighted by Crippen LogP contribution is -2.13. The first kappa shape index (κ1) is 11.0. The third-order valence-corrected chi connectivity index (χ3v) is 3.31. The molecule has 0 aliphatic rings. The minimum Gasteiger partial charge on any atom is -0.369 e. The van der Waals surface area contributed by atoms with Gasteiger partial charge in [0.25, 0.3) is 0 Å². The molecule has 0 spiro atoms. The molecule has 0 bridgehead atoms. The number of aromatic nitrogens is 4. The Hall–Kier alpha value is -2.15. The molecular weight excluding hydrogens is 250 g/mol. The van der Waals surface area contributed by atoms with Gasteiger partial charge in [-0.05, 0) is 6.07 Å². The number of carbonyl (C=O) groups is 1. The van der Waals surface area contributed by atoms with E-state index in [4.69, 9.17) is 5.73 Å². The van der Waals surface area contributed by atoms with Crippen LogP contribution < -0.4 is 5.73 Å². The number of rotatable bonds is 3. The van der Waals surface area contributed by atoms with E-state index in [0.717, 1.165) is 16.4 Å². The van der Waals surface area contributed by atoms with E-state index in [1.54, 1.807) is 0 Å². The Labute approximate surface area is 106 Å². The highest BCUT2D eigenvalue weighted by molar-refractivity contribution is 7.99. The Bertz CT molecular complexity index is 738. The summed E-state index contributed by atoms with van der Waals surface area (Å²) in [7, 11) is 0. The van der Waals surface area contributed by atoms with Gasteiger partial charge in [-0.2, -0.15) is 0 Å². The average molecular weight is 259 g/mol. The highest BCUT2D eigenvalue weighted by Gasteiger charge is 2.09. The van der Waals surface area contributed by atoms with Gasteiger partial charge in [-0.15, -0.1) is 10.2 Å². The molecule has 1 amide bonds. The Kier molecular flexibility index (Phi) is 2.60. The standard InChI is InChI=1S/C11H9N5OS/c12-8(17)5-18-11-14-10-9(15-16-11)6-3-1-2-4-7(6)13-10/h1-4H,5H2,(H2,12,17)(H,13,14,16). The molecule has 7 heteroatoms. The lowest BCUT2D eigenvalue weighted by molar-refractivity contribution is -0.115. The molecule has 18 heavy (non-hydrogen) atoms. The zero-order chi connectivity index (χ0) is 12.5. The molecule has 3 N–H and O–H groups in total. The molecule has 0 saturated carbocycles. The van der Waals surface area contributed by atoms with Crippen molar-refractivity contribution in [3.8, 4) is 0 Å². The van der Waals surface area contributed by atoms with E-state index >= 15 is 0 Å². The summed E-state index contributed by atoms with van der Waals surface area (Å²) in [6.45, 7) is 0. The molecule has 2 heterocycles. The summed E-state index contributed by atoms with van der Waals surface area (Å²) >= 11 is 1.17. The number of hydrogen-bond acceptors (Lipinski definition) is 5. The van der Waals surface area contributed by atoms with Gasteiger partial charge < -0.3 is 10.7 Å². The van der Waals surface area contributed by atoms with Gasteiger partial charge in [-0.25, -0.2) is 4.98 Å². The first-order valence-electron chi connectivity index (χ1n) is 5.26. The highest BCUT2D eigenvalue weighted by Crippen LogP contribution is 2.22. The number of benzene rings is 1. The number of H-pyrrole nitrogens is 1. The quantitative estimate of drug-likeness (QED) is 0.686. The van der Waals surface area contributed by atoms with Crippen LogP contribution in [-0.2, 0) is 4.79 Å². The van der Waals surface area contributed by atoms with E-state index in [2.05, 4.69) is 20.2 Å². The van der Waals surface area contributed by atoms with E-state index in [-0.39, 0.29) is 5.75 Å². The smallest absolute Gasteiger partial charge is 0.227 e. The topological polar surface area (TPSA) is 97.6 Å². The van der Waals surface area contributed by atoms with Crippen LogP contribution in [0.25, 0.3) is 22.1 Å². The monoisotopic (exact) mass is 259 g/mol. The van der Waals surface area contributed by atoms with Crippen molar-refractivity contribution in [1.29, 1.82) is 0 Å². The van der Waals surface area contributed by atoms with Crippen molar-refractivity contribution in [3.63, 3.8) is 0 Å². The summed E-state index contributed by atoms with van der Waals surface area (Å²) < 4.78 is 0. The predicted molar refractivity (Wildman–Crippen MR) is 69.1 cm³/mol. The van der Waals surface area contributed by atoms with Crippen LogP contribution in [0.2, 0.25) is 0 Å². The molecule has 0 fully saturated rings. The average Bonchev–Trinajstić information content (AvgIpc) is 2.73. The van der Waals surface area contributed by atoms with Crippen molar-refractivity contribution in [2.75, 3.05) is 5.75 Å². The van der Waals surface area contributed by atoms with Crippen molar-refractivity contribution >= 4 is 39.7 Å². The summed E-state index contributed by atoms with van der Waals surface area (Å²) in [6.07, 6.45) is 0. The first-order chi connectivity index (χ1) is 8.74. The third kappa shape index (κ3) is 1.88. The number of nitrogens with zero attached hydrogens (tertiary/aromatic N) is 3. The van der Waals surface area contributed by atoms with E-state index in [1.807, 2.05) is 24.3 Å². The molecule has 0 atom stereocenters. The fourth-order valence-corrected chi connectivity index (χ4v) is 2.23. The molecule has 90 valence electrons. The van der Waals surface area contributed by atoms with Crippen LogP contribution in [0, 0.1) is 0 Å². The Morgan fingerprint density at radius 2 is 2.17 bits per heavy atom. The van der Waals surface area contributed by atoms with Crippen LogP contribution in [0.3, 0.4) is 0 Å². The number of hydrogen-bond donors (Lipinski definition) is 2. The number of para-hydroxylation sites is 1. The van der Waals surface area contributed by atoms with E-state index in [0.29, 0.717) is 10.8 Å². The maximum absolute atomic E-state index is 10.7. The molecule has 0 aliphatic carbocycles. The predicted octanol–water partition coefficient (Wildman–Crippen LogP) is 1.08. The van der Waals surface area contributed by atoms with Crippen molar-refractivity contribution in [3.05, 3.63) is 24.3 Å². The van der Waals surface area contributed by atoms with Gasteiger partial charge in [-0.3, -0.25) is 4.79 Å². The second kappa shape index (κ2) is 4.26. The van der Waals surface area contributed by atoms with Crippen LogP contribution in [-0.4, -0.2) is 31.8 Å². The molecule has 0 unspecified atom stereocenters. The summed E-state index contributed by atoms with van der Waals surface area (Å²) in [5, 5.41) is 9.53. The molecule has 3 aromatic rings. The van der Waals surface area contributed by atoms with Gasteiger partial charge in [0.15, 0.2) is 5.65 Å². The van der Waals surface area contributed by atoms with Gasteiger partial charge in [0.2, 0.25) is 11.1 Å². The fourth-order valence-electron chi connectivity index (χ4n) is 1.70. The Morgan fingerprint density at radius 1 is 1.33 bits per heavy atom. The fraction of sp³-hybridized carbons (Fsp3) is 0.0909. The molecule has 0 saturated heterocycles. The third-order valence-electron chi connectivity index (χ3n) is 2.45. The second-order valence-corrected chi connectivity index (χ2v) is 4.66. The van der Waals surface area contributed by atoms with Crippen LogP contribution in [0.5, 0.6) is 0 Å². The number of thioether (sulfide) groups is 1. The minimum atomic E-state index is -0.402. The molecule has 1 aromatic carbocycles. The van der Waals surface area contributed by atoms with Crippen molar-refractivity contribution in [2.24, 2.45) is 5.73 Å². The lowest BCUT2D eigenvalue weighted by atomic mass is 10.2. The van der Waals surface area contributed by atoms with Gasteiger partial charge in [0, 0.05) is 10.9 Å². The van der Waals surface area contributed by atoms with Gasteiger partial charge >= 0.3 is 0 Å². The Balaban J connectivity index is 2.07. The minimum absolute atomic E-state index is 0.146. The van der Waals surface area contributed by atoms with E-state index < -0.39 is 5.91 Å². The number of primary amides is 1. The molecule has 0 aliphatic heterocycles. The largest absolute Gasteiger partial charge is 0.369 e. The number of aromatic amines is 1. The maximum atomic E-state index is 10.7. The van der Waals surface area contributed by atoms with Crippen molar-refractivity contribution in [1.82, 2.24) is 20.2 Å². The normalized spacial score (nSPS) is 11.1. The number of nitrogens with one attached hydrogen (secondary N) is 1. The molecular formula is C11H9N5OS. The zero-order valence-electron chi connectivity index (χ0n) is 9.25. The second-order valence-electron chi connectivity index (χ2n) is 3.72. The first-order valence-corrected chi connectivity index (χ1v) is 6.25. The van der Waals surface area contributed by atoms with E-state index in [9.17, 15) is 4.79 Å². The van der Waals surface area contributed by atoms with Gasteiger partial charge in [0.05, 0.1) is 5.75 Å². The highest BCUT2D eigenvalue weighted by atomic mass is 32.2. The summed E-state index contributed by atoms with van der Waals surface area (Å²) in [4.78, 5) is 18.2. The summed E-state index contributed by atoms with van der Waals surface area (Å²) in [5.41, 5.74) is 7.43. The molecule has 3 rings (SSSR count). The number of nitrogens with two attached hydrogens (primary N) is 1. The van der Waals surface area contributed by atoms with E-state index in [1.165, 1.54) is 11.8 Å². The molecule has 2 aromatic heterocycles. The lowest BCUT2D eigenvalue weighted by Gasteiger charge is -1.95. The van der Waals surface area contributed by atoms with Crippen LogP contribution in [0.4, 0.5) is 0 Å². The SMILES string of the molecule is NC(=O)CSc1nnc2c(n1)[nH]c1ccccc12. The summed E-state index contributed by atoms with van der Waals surface area (Å²) in [6, 6.07) is 7.79. The van der Waals surface area contributed by atoms with Crippen LogP contribution >= 0.6 is 11.8 Å². The molecule has 0 radical (unpaired) electrons. The summed E-state index contributed by atoms with van der Waals surface area (Å²) in [5.74, 6) is -0.256. The number of fused-ring (bicyclic) bond motifs is 3. The van der Waals surface area contributed by atoms with Crippen LogP contribution in [0.1, 0.15) is 0 Å². The molecule has 6 nitrogen and oxygen atoms in total.